The molecule has 1 atom stereocenters. The van der Waals surface area contributed by atoms with E-state index in [0.717, 1.165) is 29.7 Å². The third kappa shape index (κ3) is 6.07. The molecule has 0 saturated heterocycles. The summed E-state index contributed by atoms with van der Waals surface area (Å²) < 4.78 is 5.38. The molecule has 1 aromatic heterocycles. The predicted molar refractivity (Wildman–Crippen MR) is 123 cm³/mol. The SMILES string of the molecule is C.CCC#CCOc1cnc(C(=O)Cc2cccc([C@]3(C)CCSC(N)=N3)c2)cn1. The van der Waals surface area contributed by atoms with Crippen molar-refractivity contribution in [3.63, 3.8) is 0 Å². The van der Waals surface area contributed by atoms with Crippen LogP contribution in [0.5, 0.6) is 5.88 Å². The highest BCUT2D eigenvalue weighted by atomic mass is 32.2. The van der Waals surface area contributed by atoms with E-state index in [1.54, 1.807) is 11.8 Å². The van der Waals surface area contributed by atoms with Crippen LogP contribution in [0.1, 0.15) is 55.7 Å². The summed E-state index contributed by atoms with van der Waals surface area (Å²) in [6.07, 6.45) is 4.83. The largest absolute Gasteiger partial charge is 0.463 e. The normalized spacial score (nSPS) is 17.7. The molecule has 0 radical (unpaired) electrons. The number of carbonyl (C=O) groups excluding carboxylic acids is 1. The van der Waals surface area contributed by atoms with Crippen LogP contribution in [-0.2, 0) is 12.0 Å². The van der Waals surface area contributed by atoms with Crippen molar-refractivity contribution in [2.24, 2.45) is 10.7 Å². The zero-order chi connectivity index (χ0) is 20.7. The number of hydrogen-bond acceptors (Lipinski definition) is 7. The standard InChI is InChI=1S/C22H24N4O2S.CH4/c1-3-4-5-10-28-20-15-24-18(14-25-20)19(27)13-16-7-6-8-17(12-16)22(2)9-11-29-21(23)26-22;/h6-8,12,14-15H,3,9-11,13H2,1-2H3,(H2,23,26);1H4/t22-;/m0./s1. The molecule has 3 rings (SSSR count). The molecule has 1 aliphatic heterocycles. The number of ether oxygens (including phenoxy) is 1. The molecule has 0 aliphatic carbocycles. The van der Waals surface area contributed by atoms with Gasteiger partial charge in [0, 0.05) is 18.6 Å². The second-order valence-corrected chi connectivity index (χ2v) is 7.97. The molecule has 0 bridgehead atoms. The summed E-state index contributed by atoms with van der Waals surface area (Å²) in [5, 5.41) is 0.610. The average Bonchev–Trinajstić information content (AvgIpc) is 2.72. The van der Waals surface area contributed by atoms with Crippen molar-refractivity contribution >= 4 is 22.7 Å². The summed E-state index contributed by atoms with van der Waals surface area (Å²) in [5.74, 6) is 6.97. The van der Waals surface area contributed by atoms with Gasteiger partial charge in [0.2, 0.25) is 5.88 Å². The first-order chi connectivity index (χ1) is 14.0. The van der Waals surface area contributed by atoms with Crippen molar-refractivity contribution in [2.45, 2.75) is 46.1 Å². The highest BCUT2D eigenvalue weighted by Crippen LogP contribution is 2.35. The maximum atomic E-state index is 12.6. The van der Waals surface area contributed by atoms with Crippen molar-refractivity contribution in [1.29, 1.82) is 0 Å². The van der Waals surface area contributed by atoms with E-state index < -0.39 is 0 Å². The number of Topliss-reactive ketones (excluding diaryl/α,β-unsaturated/α-hetero) is 1. The first-order valence-corrected chi connectivity index (χ1v) is 10.5. The summed E-state index contributed by atoms with van der Waals surface area (Å²) in [4.78, 5) is 25.6. The number of hydrogen-bond donors (Lipinski definition) is 1. The summed E-state index contributed by atoms with van der Waals surface area (Å²) in [5.41, 5.74) is 7.86. The maximum Gasteiger partial charge on any atom is 0.233 e. The fraction of sp³-hybridized carbons (Fsp3) is 0.391. The van der Waals surface area contributed by atoms with Crippen LogP contribution in [0, 0.1) is 11.8 Å². The lowest BCUT2D eigenvalue weighted by molar-refractivity contribution is 0.0987. The Morgan fingerprint density at radius 2 is 2.13 bits per heavy atom. The number of carbonyl (C=O) groups is 1. The molecule has 0 amide bonds. The molecular weight excluding hydrogens is 396 g/mol. The number of rotatable bonds is 6. The van der Waals surface area contributed by atoms with Crippen LogP contribution >= 0.6 is 11.8 Å². The van der Waals surface area contributed by atoms with E-state index in [4.69, 9.17) is 10.5 Å². The molecule has 158 valence electrons. The Morgan fingerprint density at radius 3 is 2.83 bits per heavy atom. The Hall–Kier alpha value is -2.85. The summed E-state index contributed by atoms with van der Waals surface area (Å²) in [6, 6.07) is 7.96. The minimum Gasteiger partial charge on any atom is -0.463 e. The average molecular weight is 425 g/mol. The van der Waals surface area contributed by atoms with Gasteiger partial charge in [-0.05, 0) is 24.5 Å². The van der Waals surface area contributed by atoms with Crippen molar-refractivity contribution in [3.05, 3.63) is 53.5 Å². The van der Waals surface area contributed by atoms with Gasteiger partial charge in [0.25, 0.3) is 0 Å². The van der Waals surface area contributed by atoms with Gasteiger partial charge in [0.1, 0.15) is 5.69 Å². The Balaban J connectivity index is 0.00000320. The topological polar surface area (TPSA) is 90.5 Å². The van der Waals surface area contributed by atoms with Gasteiger partial charge >= 0.3 is 0 Å². The highest BCUT2D eigenvalue weighted by Gasteiger charge is 2.29. The third-order valence-corrected chi connectivity index (χ3v) is 5.41. The molecule has 30 heavy (non-hydrogen) atoms. The molecule has 2 aromatic rings. The maximum absolute atomic E-state index is 12.6. The lowest BCUT2D eigenvalue weighted by Crippen LogP contribution is -2.28. The van der Waals surface area contributed by atoms with E-state index in [2.05, 4.69) is 33.7 Å². The Morgan fingerprint density at radius 1 is 1.30 bits per heavy atom. The van der Waals surface area contributed by atoms with Gasteiger partial charge in [0.15, 0.2) is 17.6 Å². The molecule has 2 N–H and O–H groups in total. The summed E-state index contributed by atoms with van der Waals surface area (Å²) >= 11 is 1.58. The zero-order valence-electron chi connectivity index (χ0n) is 16.6. The van der Waals surface area contributed by atoms with E-state index >= 15 is 0 Å². The number of nitrogens with two attached hydrogens (primary N) is 1. The fourth-order valence-electron chi connectivity index (χ4n) is 3.01. The smallest absolute Gasteiger partial charge is 0.233 e. The van der Waals surface area contributed by atoms with Gasteiger partial charge in [0.05, 0.1) is 17.9 Å². The first-order valence-electron chi connectivity index (χ1n) is 9.51. The van der Waals surface area contributed by atoms with Crippen LogP contribution in [-0.4, -0.2) is 33.3 Å². The van der Waals surface area contributed by atoms with E-state index in [-0.39, 0.29) is 31.8 Å². The molecule has 1 aliphatic rings. The van der Waals surface area contributed by atoms with Gasteiger partial charge in [-0.2, -0.15) is 0 Å². The van der Waals surface area contributed by atoms with Crippen molar-refractivity contribution in [1.82, 2.24) is 9.97 Å². The van der Waals surface area contributed by atoms with E-state index in [1.165, 1.54) is 12.4 Å². The second-order valence-electron chi connectivity index (χ2n) is 6.86. The van der Waals surface area contributed by atoms with E-state index in [0.29, 0.717) is 16.7 Å². The summed E-state index contributed by atoms with van der Waals surface area (Å²) in [6.45, 7) is 4.31. The third-order valence-electron chi connectivity index (χ3n) is 4.62. The number of amidine groups is 1. The molecule has 0 unspecified atom stereocenters. The summed E-state index contributed by atoms with van der Waals surface area (Å²) in [7, 11) is 0. The van der Waals surface area contributed by atoms with Crippen molar-refractivity contribution < 1.29 is 9.53 Å². The van der Waals surface area contributed by atoms with Gasteiger partial charge in [-0.3, -0.25) is 9.79 Å². The minimum atomic E-state index is -0.353. The minimum absolute atomic E-state index is 0. The van der Waals surface area contributed by atoms with Crippen molar-refractivity contribution in [3.8, 4) is 17.7 Å². The molecule has 0 spiro atoms. The van der Waals surface area contributed by atoms with Gasteiger partial charge in [-0.15, -0.1) is 5.92 Å². The van der Waals surface area contributed by atoms with E-state index in [9.17, 15) is 4.79 Å². The number of thioether (sulfide) groups is 1. The zero-order valence-corrected chi connectivity index (χ0v) is 17.5. The van der Waals surface area contributed by atoms with Crippen LogP contribution in [0.25, 0.3) is 0 Å². The molecule has 1 aromatic carbocycles. The molecule has 2 heterocycles. The quantitative estimate of drug-likeness (QED) is 0.557. The highest BCUT2D eigenvalue weighted by molar-refractivity contribution is 8.13. The Labute approximate surface area is 182 Å². The second kappa shape index (κ2) is 10.8. The van der Waals surface area contributed by atoms with Crippen LogP contribution in [0.4, 0.5) is 0 Å². The lowest BCUT2D eigenvalue weighted by atomic mass is 9.88. The monoisotopic (exact) mass is 424 g/mol. The van der Waals surface area contributed by atoms with Crippen molar-refractivity contribution in [2.75, 3.05) is 12.4 Å². The first kappa shape index (κ1) is 23.4. The van der Waals surface area contributed by atoms with Crippen LogP contribution < -0.4 is 10.5 Å². The Kier molecular flexibility index (Phi) is 8.43. The molecule has 0 fully saturated rings. The van der Waals surface area contributed by atoms with Gasteiger partial charge in [-0.1, -0.05) is 56.3 Å². The molecule has 7 heteroatoms. The van der Waals surface area contributed by atoms with Crippen LogP contribution in [0.2, 0.25) is 0 Å². The number of aliphatic imine (C=N–C) groups is 1. The lowest BCUT2D eigenvalue weighted by Gasteiger charge is -2.30. The number of ketones is 1. The molecule has 0 saturated carbocycles. The van der Waals surface area contributed by atoms with Gasteiger partial charge < -0.3 is 10.5 Å². The predicted octanol–water partition coefficient (Wildman–Crippen LogP) is 4.00. The molecule has 6 nitrogen and oxygen atoms in total. The van der Waals surface area contributed by atoms with Gasteiger partial charge in [-0.25, -0.2) is 9.97 Å². The number of benzene rings is 1. The van der Waals surface area contributed by atoms with E-state index in [1.807, 2.05) is 31.2 Å². The van der Waals surface area contributed by atoms with Crippen LogP contribution in [0.15, 0.2) is 41.7 Å². The number of nitrogens with zero attached hydrogens (tertiary/aromatic N) is 3. The van der Waals surface area contributed by atoms with Crippen LogP contribution in [0.3, 0.4) is 0 Å². The molecular formula is C23H28N4O2S. The number of aromatic nitrogens is 2. The Bertz CT molecular complexity index is 963. The fourth-order valence-corrected chi connectivity index (χ4v) is 3.98.